The van der Waals surface area contributed by atoms with Crippen LogP contribution in [0.1, 0.15) is 13.8 Å². The van der Waals surface area contributed by atoms with E-state index in [-0.39, 0.29) is 0 Å². The Balaban J connectivity index is 2.84. The van der Waals surface area contributed by atoms with Gasteiger partial charge in [0.1, 0.15) is 9.75 Å². The molecule has 0 N–H and O–H groups in total. The number of rotatable bonds is 0. The molecule has 0 nitrogen and oxygen atoms in total. The molecule has 3 atom stereocenters. The van der Waals surface area contributed by atoms with Crippen molar-refractivity contribution < 1.29 is 0 Å². The van der Waals surface area contributed by atoms with Gasteiger partial charge in [0.15, 0.2) is 8.67 Å². The second-order valence-corrected chi connectivity index (χ2v) is 9.32. The summed E-state index contributed by atoms with van der Waals surface area (Å²) in [5.41, 5.74) is -0.150. The highest BCUT2D eigenvalue weighted by Crippen LogP contribution is 2.81. The molecule has 0 unspecified atom stereocenters. The Hall–Kier alpha value is 1.77. The van der Waals surface area contributed by atoms with Gasteiger partial charge in [0.25, 0.3) is 0 Å². The minimum absolute atomic E-state index is 0.545. The molecule has 98 valence electrons. The average molecular weight is 377 g/mol. The molecule has 0 heterocycles. The van der Waals surface area contributed by atoms with Crippen molar-refractivity contribution in [1.82, 2.24) is 0 Å². The molecule has 2 rings (SSSR count). The maximum absolute atomic E-state index is 6.59. The van der Waals surface area contributed by atoms with Crippen molar-refractivity contribution in [2.75, 3.05) is 0 Å². The van der Waals surface area contributed by atoms with Crippen LogP contribution in [0.2, 0.25) is 0 Å². The lowest BCUT2D eigenvalue weighted by Gasteiger charge is -2.51. The van der Waals surface area contributed by atoms with Crippen LogP contribution in [0.3, 0.4) is 0 Å². The predicted molar refractivity (Wildman–Crippen MR) is 78.6 cm³/mol. The number of alkyl halides is 7. The second-order valence-electron chi connectivity index (χ2n) is 5.04. The molecule has 0 radical (unpaired) electrons. The molecule has 0 spiro atoms. The van der Waals surface area contributed by atoms with Crippen LogP contribution in [0.15, 0.2) is 12.2 Å². The van der Waals surface area contributed by atoms with Crippen molar-refractivity contribution in [2.24, 2.45) is 5.41 Å². The summed E-state index contributed by atoms with van der Waals surface area (Å²) in [6.07, 6.45) is 0. The number of fused-ring (bicyclic) bond motifs is 2. The maximum atomic E-state index is 6.59. The number of halogens is 7. The Morgan fingerprint density at radius 1 is 0.941 bits per heavy atom. The summed E-state index contributed by atoms with van der Waals surface area (Å²) >= 11 is 44.5. The average Bonchev–Trinajstić information content (AvgIpc) is 2.35. The Bertz CT molecular complexity index is 413. The minimum atomic E-state index is -1.72. The molecule has 2 bridgehead atoms. The quantitative estimate of drug-likeness (QED) is 0.386. The predicted octanol–water partition coefficient (Wildman–Crippen LogP) is 5.51. The van der Waals surface area contributed by atoms with Gasteiger partial charge in [-0.25, -0.2) is 0 Å². The lowest BCUT2D eigenvalue weighted by atomic mass is 9.71. The van der Waals surface area contributed by atoms with Crippen LogP contribution >= 0.6 is 81.2 Å². The molecule has 0 aromatic carbocycles. The van der Waals surface area contributed by atoms with Crippen molar-refractivity contribution in [3.8, 4) is 0 Å². The van der Waals surface area contributed by atoms with Gasteiger partial charge in [-0.3, -0.25) is 0 Å². The molecule has 0 aromatic heterocycles. The lowest BCUT2D eigenvalue weighted by Crippen LogP contribution is -2.61. The number of allylic oxidation sites excluding steroid dienone is 1. The lowest BCUT2D eigenvalue weighted by molar-refractivity contribution is 0.300. The van der Waals surface area contributed by atoms with E-state index in [0.29, 0.717) is 5.57 Å². The first-order valence-corrected chi connectivity index (χ1v) is 7.49. The van der Waals surface area contributed by atoms with Gasteiger partial charge in [0, 0.05) is 5.41 Å². The molecule has 0 saturated heterocycles. The fraction of sp³-hybridized carbons (Fsp3) is 0.800. The molecule has 7 heteroatoms. The smallest absolute Gasteiger partial charge is 0.119 e. The molecule has 2 fully saturated rings. The summed E-state index contributed by atoms with van der Waals surface area (Å²) in [6, 6.07) is 0. The third-order valence-corrected chi connectivity index (χ3v) is 9.79. The molecule has 0 amide bonds. The van der Waals surface area contributed by atoms with Gasteiger partial charge < -0.3 is 0 Å². The molecule has 17 heavy (non-hydrogen) atoms. The van der Waals surface area contributed by atoms with Gasteiger partial charge in [-0.15, -0.1) is 34.8 Å². The standard InChI is InChI=1S/C10H9Cl7/c1-4-6(2,3)8(13)5(11)7(4,12)9(14,15)10(8,16)17/h5H,1H2,2-3H3/t5-,7+,8+/m0/s1. The normalized spacial score (nSPS) is 49.7. The van der Waals surface area contributed by atoms with Crippen molar-refractivity contribution in [3.63, 3.8) is 0 Å². The summed E-state index contributed by atoms with van der Waals surface area (Å²) in [5, 5.41) is -0.828. The van der Waals surface area contributed by atoms with Gasteiger partial charge in [-0.05, 0) is 5.57 Å². The van der Waals surface area contributed by atoms with Crippen LogP contribution in [-0.2, 0) is 0 Å². The fourth-order valence-corrected chi connectivity index (χ4v) is 6.67. The van der Waals surface area contributed by atoms with Gasteiger partial charge in [-0.1, -0.05) is 66.8 Å². The summed E-state index contributed by atoms with van der Waals surface area (Å²) < 4.78 is -3.41. The van der Waals surface area contributed by atoms with Gasteiger partial charge in [0.05, 0.1) is 5.38 Å². The second kappa shape index (κ2) is 3.50. The highest BCUT2D eigenvalue weighted by molar-refractivity contribution is 6.71. The zero-order valence-electron chi connectivity index (χ0n) is 8.93. The molecule has 2 aliphatic rings. The Morgan fingerprint density at radius 2 is 1.35 bits per heavy atom. The van der Waals surface area contributed by atoms with E-state index in [9.17, 15) is 0 Å². The minimum Gasteiger partial charge on any atom is -0.119 e. The van der Waals surface area contributed by atoms with Crippen LogP contribution in [0, 0.1) is 5.41 Å². The van der Waals surface area contributed by atoms with Crippen molar-refractivity contribution in [1.29, 1.82) is 0 Å². The number of hydrogen-bond donors (Lipinski definition) is 0. The largest absolute Gasteiger partial charge is 0.177 e. The van der Waals surface area contributed by atoms with Crippen molar-refractivity contribution >= 4 is 81.2 Å². The first kappa shape index (κ1) is 15.2. The Morgan fingerprint density at radius 3 is 1.65 bits per heavy atom. The highest BCUT2D eigenvalue weighted by Gasteiger charge is 2.90. The van der Waals surface area contributed by atoms with Crippen LogP contribution in [-0.4, -0.2) is 23.8 Å². The van der Waals surface area contributed by atoms with E-state index in [1.54, 1.807) is 0 Å². The van der Waals surface area contributed by atoms with Crippen LogP contribution in [0.5, 0.6) is 0 Å². The van der Waals surface area contributed by atoms with Crippen molar-refractivity contribution in [3.05, 3.63) is 12.2 Å². The maximum Gasteiger partial charge on any atom is 0.177 e. The topological polar surface area (TPSA) is 0 Å². The van der Waals surface area contributed by atoms with Crippen LogP contribution < -0.4 is 0 Å². The molecular formula is C10H9Cl7. The van der Waals surface area contributed by atoms with Crippen LogP contribution in [0.25, 0.3) is 0 Å². The van der Waals surface area contributed by atoms with E-state index < -0.39 is 29.2 Å². The van der Waals surface area contributed by atoms with Gasteiger partial charge in [-0.2, -0.15) is 0 Å². The fourth-order valence-electron chi connectivity index (χ4n) is 2.78. The zero-order chi connectivity index (χ0) is 13.7. The molecule has 2 aliphatic carbocycles. The molecule has 0 aliphatic heterocycles. The SMILES string of the molecule is C=C1C(C)(C)[C@]2(Cl)[C@@H](Cl)[C@@]1(Cl)C(Cl)(Cl)C2(Cl)Cl. The Labute approximate surface area is 135 Å². The van der Waals surface area contributed by atoms with E-state index >= 15 is 0 Å². The zero-order valence-corrected chi connectivity index (χ0v) is 14.2. The first-order valence-electron chi connectivity index (χ1n) is 4.78. The third kappa shape index (κ3) is 1.16. The Kier molecular flexibility index (Phi) is 3.12. The summed E-state index contributed by atoms with van der Waals surface area (Å²) in [7, 11) is 0. The van der Waals surface area contributed by atoms with Crippen LogP contribution in [0.4, 0.5) is 0 Å². The summed E-state index contributed by atoms with van der Waals surface area (Å²) in [6.45, 7) is 7.58. The monoisotopic (exact) mass is 374 g/mol. The third-order valence-electron chi connectivity index (χ3n) is 4.11. The molecule has 2 saturated carbocycles. The van der Waals surface area contributed by atoms with Gasteiger partial charge in [0.2, 0.25) is 0 Å². The van der Waals surface area contributed by atoms with E-state index in [0.717, 1.165) is 0 Å². The summed E-state index contributed by atoms with van der Waals surface area (Å²) in [4.78, 5) is -2.67. The van der Waals surface area contributed by atoms with Gasteiger partial charge >= 0.3 is 0 Å². The van der Waals surface area contributed by atoms with E-state index in [4.69, 9.17) is 81.2 Å². The van der Waals surface area contributed by atoms with E-state index in [2.05, 4.69) is 6.58 Å². The first-order chi connectivity index (χ1) is 7.31. The number of hydrogen-bond acceptors (Lipinski definition) is 0. The highest BCUT2D eigenvalue weighted by atomic mass is 35.5. The van der Waals surface area contributed by atoms with E-state index in [1.165, 1.54) is 0 Å². The summed E-state index contributed by atoms with van der Waals surface area (Å²) in [5.74, 6) is 0. The molecule has 0 aromatic rings. The molecular weight excluding hydrogens is 368 g/mol. The van der Waals surface area contributed by atoms with E-state index in [1.807, 2.05) is 13.8 Å². The van der Waals surface area contributed by atoms with Crippen molar-refractivity contribution in [2.45, 2.75) is 37.6 Å².